The van der Waals surface area contributed by atoms with E-state index in [-0.39, 0.29) is 22.6 Å². The number of hydrogen-bond acceptors (Lipinski definition) is 5. The molecular formula is C27H23FN2O3. The number of nitrogens with two attached hydrogens (primary N) is 1. The number of allylic oxidation sites excluding steroid dienone is 1. The second-order valence-electron chi connectivity index (χ2n) is 8.89. The van der Waals surface area contributed by atoms with Crippen molar-refractivity contribution in [3.05, 3.63) is 106 Å². The topological polar surface area (TPSA) is 85.3 Å². The number of rotatable bonds is 3. The second-order valence-corrected chi connectivity index (χ2v) is 8.89. The van der Waals surface area contributed by atoms with Gasteiger partial charge in [-0.05, 0) is 46.9 Å². The van der Waals surface area contributed by atoms with Crippen molar-refractivity contribution in [2.24, 2.45) is 5.73 Å². The van der Waals surface area contributed by atoms with Crippen LogP contribution in [0, 0.1) is 17.1 Å². The summed E-state index contributed by atoms with van der Waals surface area (Å²) in [4.78, 5) is 12.4. The first-order chi connectivity index (χ1) is 15.7. The number of hydrogen-bond donors (Lipinski definition) is 1. The lowest BCUT2D eigenvalue weighted by Crippen LogP contribution is -2.21. The fourth-order valence-corrected chi connectivity index (χ4v) is 3.77. The lowest BCUT2D eigenvalue weighted by atomic mass is 9.81. The molecular weight excluding hydrogens is 419 g/mol. The number of carbonyl (C=O) groups is 1. The van der Waals surface area contributed by atoms with Crippen LogP contribution in [-0.2, 0) is 5.41 Å². The van der Waals surface area contributed by atoms with Crippen molar-refractivity contribution >= 4 is 5.97 Å². The molecule has 1 atom stereocenters. The average Bonchev–Trinajstić information content (AvgIpc) is 2.78. The summed E-state index contributed by atoms with van der Waals surface area (Å²) in [7, 11) is 0. The van der Waals surface area contributed by atoms with Crippen LogP contribution in [-0.4, -0.2) is 5.97 Å². The minimum atomic E-state index is -0.624. The van der Waals surface area contributed by atoms with Crippen molar-refractivity contribution in [1.29, 1.82) is 5.26 Å². The van der Waals surface area contributed by atoms with E-state index in [1.165, 1.54) is 29.8 Å². The third kappa shape index (κ3) is 4.44. The van der Waals surface area contributed by atoms with Crippen molar-refractivity contribution < 1.29 is 18.7 Å². The van der Waals surface area contributed by atoms with Crippen LogP contribution >= 0.6 is 0 Å². The number of nitriles is 1. The normalized spacial score (nSPS) is 15.3. The Hall–Kier alpha value is -4.11. The molecule has 6 heteroatoms. The molecule has 0 bridgehead atoms. The number of fused-ring (bicyclic) bond motifs is 1. The van der Waals surface area contributed by atoms with E-state index in [4.69, 9.17) is 15.2 Å². The zero-order chi connectivity index (χ0) is 23.8. The van der Waals surface area contributed by atoms with E-state index in [1.807, 2.05) is 12.1 Å². The summed E-state index contributed by atoms with van der Waals surface area (Å²) in [5.74, 6) is -0.808. The third-order valence-corrected chi connectivity index (χ3v) is 5.59. The van der Waals surface area contributed by atoms with Crippen LogP contribution in [0.1, 0.15) is 53.7 Å². The first-order valence-electron chi connectivity index (χ1n) is 10.5. The summed E-state index contributed by atoms with van der Waals surface area (Å²) in [5.41, 5.74) is 9.45. The van der Waals surface area contributed by atoms with E-state index >= 15 is 0 Å². The molecule has 0 amide bonds. The fraction of sp³-hybridized carbons (Fsp3) is 0.185. The van der Waals surface area contributed by atoms with Gasteiger partial charge in [0.1, 0.15) is 29.0 Å². The lowest BCUT2D eigenvalue weighted by Gasteiger charge is -2.27. The molecule has 5 nitrogen and oxygen atoms in total. The third-order valence-electron chi connectivity index (χ3n) is 5.59. The minimum absolute atomic E-state index is 0.00232. The van der Waals surface area contributed by atoms with E-state index in [1.54, 1.807) is 18.2 Å². The molecule has 0 saturated carbocycles. The Kier molecular flexibility index (Phi) is 5.65. The maximum Gasteiger partial charge on any atom is 0.343 e. The Bertz CT molecular complexity index is 1280. The van der Waals surface area contributed by atoms with Crippen molar-refractivity contribution in [2.75, 3.05) is 0 Å². The van der Waals surface area contributed by atoms with Gasteiger partial charge in [0.2, 0.25) is 5.88 Å². The van der Waals surface area contributed by atoms with E-state index in [0.717, 1.165) is 11.1 Å². The first kappa shape index (κ1) is 22.1. The molecule has 0 spiro atoms. The molecule has 0 aliphatic carbocycles. The van der Waals surface area contributed by atoms with Crippen molar-refractivity contribution in [2.45, 2.75) is 32.1 Å². The number of ether oxygens (including phenoxy) is 2. The van der Waals surface area contributed by atoms with Crippen LogP contribution in [0.2, 0.25) is 0 Å². The maximum atomic E-state index is 13.1. The van der Waals surface area contributed by atoms with E-state index in [9.17, 15) is 14.4 Å². The Morgan fingerprint density at radius 2 is 1.73 bits per heavy atom. The summed E-state index contributed by atoms with van der Waals surface area (Å²) < 4.78 is 24.2. The predicted molar refractivity (Wildman–Crippen MR) is 122 cm³/mol. The lowest BCUT2D eigenvalue weighted by molar-refractivity contribution is 0.0734. The predicted octanol–water partition coefficient (Wildman–Crippen LogP) is 5.56. The Labute approximate surface area is 191 Å². The standard InChI is InChI=1S/C27H23FN2O3/c1-27(2,3)18-8-4-16(5-9-18)24-21-13-12-20(14-23(21)33-25(30)22(24)15-29)32-26(31)17-6-10-19(28)11-7-17/h4-14,24H,30H2,1-3H3. The van der Waals surface area contributed by atoms with Gasteiger partial charge in [-0.3, -0.25) is 0 Å². The summed E-state index contributed by atoms with van der Waals surface area (Å²) in [5, 5.41) is 9.76. The molecule has 1 heterocycles. The quantitative estimate of drug-likeness (QED) is 0.424. The largest absolute Gasteiger partial charge is 0.440 e. The van der Waals surface area contributed by atoms with Crippen molar-refractivity contribution in [3.63, 3.8) is 0 Å². The van der Waals surface area contributed by atoms with E-state index in [2.05, 4.69) is 39.0 Å². The maximum absolute atomic E-state index is 13.1. The summed E-state index contributed by atoms with van der Waals surface area (Å²) >= 11 is 0. The molecule has 0 saturated heterocycles. The van der Waals surface area contributed by atoms with Gasteiger partial charge in [0.25, 0.3) is 0 Å². The first-order valence-corrected chi connectivity index (χ1v) is 10.5. The van der Waals surface area contributed by atoms with Crippen LogP contribution in [0.5, 0.6) is 11.5 Å². The highest BCUT2D eigenvalue weighted by Gasteiger charge is 2.31. The Balaban J connectivity index is 1.67. The number of nitrogens with zero attached hydrogens (tertiary/aromatic N) is 1. The molecule has 1 aliphatic rings. The molecule has 0 fully saturated rings. The number of carbonyl (C=O) groups excluding carboxylic acids is 1. The molecule has 0 aromatic heterocycles. The van der Waals surface area contributed by atoms with Gasteiger partial charge in [0.05, 0.1) is 11.5 Å². The molecule has 2 N–H and O–H groups in total. The molecule has 1 aliphatic heterocycles. The number of esters is 1. The van der Waals surface area contributed by atoms with Gasteiger partial charge in [0.15, 0.2) is 0 Å². The SMILES string of the molecule is CC(C)(C)c1ccc(C2C(C#N)=C(N)Oc3cc(OC(=O)c4ccc(F)cc4)ccc32)cc1. The fourth-order valence-electron chi connectivity index (χ4n) is 3.77. The molecule has 4 rings (SSSR count). The van der Waals surface area contributed by atoms with Gasteiger partial charge in [-0.1, -0.05) is 51.1 Å². The minimum Gasteiger partial charge on any atom is -0.440 e. The molecule has 166 valence electrons. The molecule has 1 unspecified atom stereocenters. The highest BCUT2D eigenvalue weighted by molar-refractivity contribution is 5.91. The van der Waals surface area contributed by atoms with Gasteiger partial charge in [0, 0.05) is 11.6 Å². The van der Waals surface area contributed by atoms with Gasteiger partial charge in [-0.2, -0.15) is 5.26 Å². The van der Waals surface area contributed by atoms with Crippen LogP contribution in [0.3, 0.4) is 0 Å². The molecule has 0 radical (unpaired) electrons. The zero-order valence-corrected chi connectivity index (χ0v) is 18.6. The monoisotopic (exact) mass is 442 g/mol. The van der Waals surface area contributed by atoms with Crippen LogP contribution in [0.25, 0.3) is 0 Å². The summed E-state index contributed by atoms with van der Waals surface area (Å²) in [6, 6.07) is 20.3. The van der Waals surface area contributed by atoms with Crippen LogP contribution < -0.4 is 15.2 Å². The number of benzene rings is 3. The Morgan fingerprint density at radius 1 is 1.06 bits per heavy atom. The van der Waals surface area contributed by atoms with Gasteiger partial charge >= 0.3 is 5.97 Å². The van der Waals surface area contributed by atoms with Gasteiger partial charge in [-0.15, -0.1) is 0 Å². The molecule has 3 aromatic rings. The Morgan fingerprint density at radius 3 is 2.33 bits per heavy atom. The van der Waals surface area contributed by atoms with Crippen LogP contribution in [0.4, 0.5) is 4.39 Å². The van der Waals surface area contributed by atoms with Gasteiger partial charge in [-0.25, -0.2) is 9.18 Å². The van der Waals surface area contributed by atoms with E-state index < -0.39 is 17.7 Å². The summed E-state index contributed by atoms with van der Waals surface area (Å²) in [6.45, 7) is 6.41. The molecule has 3 aromatic carbocycles. The van der Waals surface area contributed by atoms with Crippen LogP contribution in [0.15, 0.2) is 78.2 Å². The van der Waals surface area contributed by atoms with E-state index in [0.29, 0.717) is 11.3 Å². The van der Waals surface area contributed by atoms with Crippen molar-refractivity contribution in [1.82, 2.24) is 0 Å². The smallest absolute Gasteiger partial charge is 0.343 e. The second kappa shape index (κ2) is 8.44. The number of halogens is 1. The highest BCUT2D eigenvalue weighted by Crippen LogP contribution is 2.43. The average molecular weight is 442 g/mol. The zero-order valence-electron chi connectivity index (χ0n) is 18.6. The summed E-state index contributed by atoms with van der Waals surface area (Å²) in [6.07, 6.45) is 0. The highest BCUT2D eigenvalue weighted by atomic mass is 19.1. The molecule has 33 heavy (non-hydrogen) atoms. The van der Waals surface area contributed by atoms with Crippen molar-refractivity contribution in [3.8, 4) is 17.6 Å². The van der Waals surface area contributed by atoms with Gasteiger partial charge < -0.3 is 15.2 Å².